The molecule has 186 valence electrons. The molecule has 3 rings (SSSR count). The zero-order valence-electron chi connectivity index (χ0n) is 18.4. The van der Waals surface area contributed by atoms with Crippen LogP contribution in [-0.4, -0.2) is 26.5 Å². The van der Waals surface area contributed by atoms with Crippen LogP contribution in [0.25, 0.3) is 5.69 Å². The second kappa shape index (κ2) is 10.4. The molecule has 0 unspecified atom stereocenters. The van der Waals surface area contributed by atoms with Gasteiger partial charge in [-0.3, -0.25) is 9.36 Å². The molecule has 0 radical (unpaired) electrons. The smallest absolute Gasteiger partial charge is 0.431 e. The number of ketones is 1. The average Bonchev–Trinajstić information content (AvgIpc) is 2.76. The monoisotopic (exact) mass is 515 g/mol. The third kappa shape index (κ3) is 6.15. The van der Waals surface area contributed by atoms with E-state index in [0.29, 0.717) is 6.42 Å². The van der Waals surface area contributed by atoms with Crippen molar-refractivity contribution in [3.05, 3.63) is 74.7 Å². The number of halogens is 5. The maximum absolute atomic E-state index is 14.6. The summed E-state index contributed by atoms with van der Waals surface area (Å²) in [5.74, 6) is -1.72. The summed E-state index contributed by atoms with van der Waals surface area (Å²) in [7, 11) is 0.811. The first-order valence-corrected chi connectivity index (χ1v) is 10.9. The molecule has 3 aromatic rings. The Balaban J connectivity index is 1.99. The van der Waals surface area contributed by atoms with Crippen LogP contribution in [0.1, 0.15) is 25.5 Å². The second-order valence-corrected chi connectivity index (χ2v) is 8.48. The zero-order chi connectivity index (χ0) is 25.9. The van der Waals surface area contributed by atoms with E-state index >= 15 is 0 Å². The quantitative estimate of drug-likeness (QED) is 0.332. The van der Waals surface area contributed by atoms with Crippen LogP contribution in [0.5, 0.6) is 5.88 Å². The highest BCUT2D eigenvalue weighted by molar-refractivity contribution is 7.99. The molecular formula is C22H18F5N3O4S. The highest BCUT2D eigenvalue weighted by Crippen LogP contribution is 2.35. The number of rotatable bonds is 8. The molecule has 1 aromatic carbocycles. The summed E-state index contributed by atoms with van der Waals surface area (Å²) in [4.78, 5) is 40.2. The number of hydrogen-bond acceptors (Lipinski definition) is 6. The Morgan fingerprint density at radius 3 is 2.51 bits per heavy atom. The molecule has 0 aliphatic rings. The lowest BCUT2D eigenvalue weighted by atomic mass is 10.2. The number of Topliss-reactive ketones (excluding diaryl/α,β-unsaturated/α-hetero) is 1. The molecule has 2 heterocycles. The summed E-state index contributed by atoms with van der Waals surface area (Å²) in [6.07, 6.45) is -3.36. The Hall–Kier alpha value is -3.48. The molecule has 0 saturated heterocycles. The Bertz CT molecular complexity index is 1380. The summed E-state index contributed by atoms with van der Waals surface area (Å²) >= 11 is 0.868. The van der Waals surface area contributed by atoms with E-state index in [4.69, 9.17) is 4.74 Å². The van der Waals surface area contributed by atoms with Gasteiger partial charge in [0.25, 0.3) is 5.56 Å². The van der Waals surface area contributed by atoms with Gasteiger partial charge in [0.1, 0.15) is 23.1 Å². The summed E-state index contributed by atoms with van der Waals surface area (Å²) in [6.45, 7) is 1.55. The van der Waals surface area contributed by atoms with Crippen molar-refractivity contribution in [1.82, 2.24) is 14.1 Å². The maximum Gasteiger partial charge on any atom is 0.431 e. The second-order valence-electron chi connectivity index (χ2n) is 7.37. The predicted octanol–water partition coefficient (Wildman–Crippen LogP) is 4.13. The summed E-state index contributed by atoms with van der Waals surface area (Å²) in [5, 5.41) is 0. The lowest BCUT2D eigenvalue weighted by molar-refractivity contribution is -0.144. The summed E-state index contributed by atoms with van der Waals surface area (Å²) in [5.41, 5.74) is -4.83. The number of nitrogens with zero attached hydrogens (tertiary/aromatic N) is 3. The molecule has 0 fully saturated rings. The van der Waals surface area contributed by atoms with E-state index < -0.39 is 40.4 Å². The number of hydrogen-bond donors (Lipinski definition) is 0. The van der Waals surface area contributed by atoms with Gasteiger partial charge in [-0.1, -0.05) is 11.8 Å². The Kier molecular flexibility index (Phi) is 7.78. The lowest BCUT2D eigenvalue weighted by Crippen LogP contribution is -2.41. The SMILES string of the molecule is CC(=O)CCCOc1ncc(F)cc1Sc1ccc(F)c(-n2c(=O)cc(C(F)(F)F)n(C)c2=O)c1. The molecule has 0 bridgehead atoms. The summed E-state index contributed by atoms with van der Waals surface area (Å²) in [6, 6.07) is 4.56. The highest BCUT2D eigenvalue weighted by Gasteiger charge is 2.35. The van der Waals surface area contributed by atoms with E-state index in [1.165, 1.54) is 13.0 Å². The molecule has 0 aliphatic heterocycles. The van der Waals surface area contributed by atoms with Crippen LogP contribution in [0, 0.1) is 11.6 Å². The first-order chi connectivity index (χ1) is 16.4. The number of ether oxygens (including phenoxy) is 1. The molecule has 2 aromatic heterocycles. The van der Waals surface area contributed by atoms with Gasteiger partial charge in [-0.2, -0.15) is 13.2 Å². The van der Waals surface area contributed by atoms with Crippen molar-refractivity contribution < 1.29 is 31.5 Å². The fourth-order valence-electron chi connectivity index (χ4n) is 3.05. The lowest BCUT2D eigenvalue weighted by Gasteiger charge is -2.15. The number of carbonyl (C=O) groups is 1. The largest absolute Gasteiger partial charge is 0.477 e. The Morgan fingerprint density at radius 2 is 1.86 bits per heavy atom. The van der Waals surface area contributed by atoms with Gasteiger partial charge in [0.15, 0.2) is 0 Å². The van der Waals surface area contributed by atoms with Crippen molar-refractivity contribution in [2.75, 3.05) is 6.61 Å². The molecule has 0 amide bonds. The first-order valence-electron chi connectivity index (χ1n) is 10.0. The van der Waals surface area contributed by atoms with Crippen molar-refractivity contribution in [3.8, 4) is 11.6 Å². The van der Waals surface area contributed by atoms with Crippen molar-refractivity contribution in [3.63, 3.8) is 0 Å². The molecular weight excluding hydrogens is 497 g/mol. The minimum absolute atomic E-state index is 0.0289. The van der Waals surface area contributed by atoms with Gasteiger partial charge in [-0.15, -0.1) is 0 Å². The van der Waals surface area contributed by atoms with E-state index in [9.17, 15) is 36.3 Å². The van der Waals surface area contributed by atoms with E-state index in [0.717, 1.165) is 43.2 Å². The van der Waals surface area contributed by atoms with Crippen LogP contribution in [0.4, 0.5) is 22.0 Å². The minimum atomic E-state index is -4.96. The maximum atomic E-state index is 14.6. The van der Waals surface area contributed by atoms with Gasteiger partial charge in [-0.25, -0.2) is 23.1 Å². The molecule has 35 heavy (non-hydrogen) atoms. The van der Waals surface area contributed by atoms with Crippen LogP contribution >= 0.6 is 11.8 Å². The van der Waals surface area contributed by atoms with Gasteiger partial charge in [-0.05, 0) is 37.6 Å². The van der Waals surface area contributed by atoms with Crippen LogP contribution in [0.3, 0.4) is 0 Å². The number of carbonyl (C=O) groups excluding carboxylic acids is 1. The zero-order valence-corrected chi connectivity index (χ0v) is 19.2. The van der Waals surface area contributed by atoms with E-state index in [1.807, 2.05) is 0 Å². The number of pyridine rings is 1. The van der Waals surface area contributed by atoms with E-state index in [-0.39, 0.29) is 49.7 Å². The fourth-order valence-corrected chi connectivity index (χ4v) is 3.98. The molecule has 7 nitrogen and oxygen atoms in total. The van der Waals surface area contributed by atoms with Gasteiger partial charge in [0, 0.05) is 24.4 Å². The number of benzene rings is 1. The van der Waals surface area contributed by atoms with Gasteiger partial charge >= 0.3 is 11.9 Å². The van der Waals surface area contributed by atoms with Crippen LogP contribution < -0.4 is 16.0 Å². The van der Waals surface area contributed by atoms with Crippen molar-refractivity contribution in [2.45, 2.75) is 35.7 Å². The first kappa shape index (κ1) is 26.1. The van der Waals surface area contributed by atoms with Crippen LogP contribution in [0.2, 0.25) is 0 Å². The molecule has 0 N–H and O–H groups in total. The topological polar surface area (TPSA) is 83.2 Å². The fraction of sp³-hybridized carbons (Fsp3) is 0.273. The minimum Gasteiger partial charge on any atom is -0.477 e. The van der Waals surface area contributed by atoms with Gasteiger partial charge < -0.3 is 9.53 Å². The highest BCUT2D eigenvalue weighted by atomic mass is 32.2. The summed E-state index contributed by atoms with van der Waals surface area (Å²) < 4.78 is 73.7. The molecule has 13 heteroatoms. The molecule has 0 saturated carbocycles. The number of aromatic nitrogens is 3. The van der Waals surface area contributed by atoms with E-state index in [2.05, 4.69) is 4.98 Å². The Labute approximate surface area is 199 Å². The molecule has 0 aliphatic carbocycles. The number of alkyl halides is 3. The van der Waals surface area contributed by atoms with Crippen molar-refractivity contribution >= 4 is 17.5 Å². The third-order valence-corrected chi connectivity index (χ3v) is 5.70. The van der Waals surface area contributed by atoms with Gasteiger partial charge in [0.05, 0.1) is 23.4 Å². The standard InChI is InChI=1S/C22H18F5N3O4S/c1-12(31)4-3-7-34-20-17(8-13(23)11-28-20)35-14-5-6-15(24)16(9-14)30-19(32)10-18(22(25,26)27)29(2)21(30)33/h5-6,8-11H,3-4,7H2,1-2H3. The van der Waals surface area contributed by atoms with Crippen molar-refractivity contribution in [2.24, 2.45) is 7.05 Å². The van der Waals surface area contributed by atoms with Crippen molar-refractivity contribution in [1.29, 1.82) is 0 Å². The molecule has 0 atom stereocenters. The normalized spacial score (nSPS) is 11.5. The van der Waals surface area contributed by atoms with Crippen LogP contribution in [-0.2, 0) is 18.0 Å². The van der Waals surface area contributed by atoms with E-state index in [1.54, 1.807) is 0 Å². The van der Waals surface area contributed by atoms with Crippen LogP contribution in [0.15, 0.2) is 55.9 Å². The Morgan fingerprint density at radius 1 is 1.14 bits per heavy atom. The average molecular weight is 515 g/mol. The molecule has 0 spiro atoms. The predicted molar refractivity (Wildman–Crippen MR) is 116 cm³/mol. The third-order valence-electron chi connectivity index (χ3n) is 4.69. The van der Waals surface area contributed by atoms with Gasteiger partial charge in [0.2, 0.25) is 5.88 Å².